The van der Waals surface area contributed by atoms with Crippen LogP contribution >= 0.6 is 0 Å². The van der Waals surface area contributed by atoms with Crippen LogP contribution in [0.15, 0.2) is 0 Å². The maximum absolute atomic E-state index is 5.59. The third-order valence-corrected chi connectivity index (χ3v) is 3.19. The number of rotatable bonds is 11. The number of methoxy groups -OCH3 is 1. The van der Waals surface area contributed by atoms with Crippen molar-refractivity contribution in [3.8, 4) is 0 Å². The molecule has 0 aromatic carbocycles. The molecule has 0 bridgehead atoms. The Morgan fingerprint density at radius 1 is 1.19 bits per heavy atom. The van der Waals surface area contributed by atoms with Crippen molar-refractivity contribution in [2.75, 3.05) is 40.4 Å². The average Bonchev–Trinajstić information content (AvgIpc) is 2.28. The van der Waals surface area contributed by atoms with E-state index in [9.17, 15) is 0 Å². The third kappa shape index (κ3) is 9.13. The van der Waals surface area contributed by atoms with Crippen molar-refractivity contribution in [3.63, 3.8) is 0 Å². The molecule has 3 heteroatoms. The van der Waals surface area contributed by atoms with Crippen LogP contribution in [0.25, 0.3) is 0 Å². The van der Waals surface area contributed by atoms with Gasteiger partial charge < -0.3 is 15.4 Å². The minimum absolute atomic E-state index is 0.831. The summed E-state index contributed by atoms with van der Waals surface area (Å²) in [6, 6.07) is 0. The van der Waals surface area contributed by atoms with E-state index in [1.54, 1.807) is 7.11 Å². The molecular formula is C13H30N2O. The molecule has 0 saturated carbocycles. The van der Waals surface area contributed by atoms with Crippen LogP contribution in [0.2, 0.25) is 0 Å². The van der Waals surface area contributed by atoms with Gasteiger partial charge in [0.1, 0.15) is 0 Å². The first kappa shape index (κ1) is 15.9. The molecule has 0 aliphatic carbocycles. The molecule has 2 N–H and O–H groups in total. The first-order valence-corrected chi connectivity index (χ1v) is 6.62. The molecule has 98 valence electrons. The Hall–Kier alpha value is -0.120. The quantitative estimate of drug-likeness (QED) is 0.553. The molecule has 0 amide bonds. The summed E-state index contributed by atoms with van der Waals surface area (Å²) in [7, 11) is 3.96. The zero-order chi connectivity index (χ0) is 12.2. The summed E-state index contributed by atoms with van der Waals surface area (Å²) in [5.41, 5.74) is 5.59. The van der Waals surface area contributed by atoms with Gasteiger partial charge in [-0.15, -0.1) is 0 Å². The van der Waals surface area contributed by atoms with Gasteiger partial charge in [-0.2, -0.15) is 0 Å². The summed E-state index contributed by atoms with van der Waals surface area (Å²) < 4.78 is 5.04. The van der Waals surface area contributed by atoms with Crippen molar-refractivity contribution >= 4 is 0 Å². The second-order valence-corrected chi connectivity index (χ2v) is 4.64. The maximum Gasteiger partial charge on any atom is 0.0474 e. The van der Waals surface area contributed by atoms with Gasteiger partial charge in [0.15, 0.2) is 0 Å². The predicted octanol–water partition coefficient (Wildman–Crippen LogP) is 2.11. The van der Waals surface area contributed by atoms with Gasteiger partial charge in [-0.3, -0.25) is 0 Å². The first-order chi connectivity index (χ1) is 7.74. The van der Waals surface area contributed by atoms with Crippen LogP contribution in [-0.2, 0) is 4.74 Å². The lowest BCUT2D eigenvalue weighted by atomic mass is 9.97. The van der Waals surface area contributed by atoms with E-state index in [4.69, 9.17) is 10.5 Å². The SMILES string of the molecule is CCC(CCN)CCCN(C)CCCOC. The fourth-order valence-corrected chi connectivity index (χ4v) is 2.03. The minimum atomic E-state index is 0.831. The number of ether oxygens (including phenoxy) is 1. The smallest absolute Gasteiger partial charge is 0.0474 e. The molecule has 0 heterocycles. The lowest BCUT2D eigenvalue weighted by Crippen LogP contribution is -2.22. The Balaban J connectivity index is 3.40. The standard InChI is InChI=1S/C13H30N2O/c1-4-13(8-9-14)7-5-10-15(2)11-6-12-16-3/h13H,4-12,14H2,1-3H3. The molecule has 0 fully saturated rings. The van der Waals surface area contributed by atoms with Crippen LogP contribution in [-0.4, -0.2) is 45.3 Å². The molecule has 1 unspecified atom stereocenters. The van der Waals surface area contributed by atoms with Crippen molar-refractivity contribution in [2.45, 2.75) is 39.0 Å². The van der Waals surface area contributed by atoms with Crippen molar-refractivity contribution < 1.29 is 4.74 Å². The zero-order valence-electron chi connectivity index (χ0n) is 11.4. The molecular weight excluding hydrogens is 200 g/mol. The van der Waals surface area contributed by atoms with E-state index in [1.165, 1.54) is 32.2 Å². The van der Waals surface area contributed by atoms with Gasteiger partial charge in [0, 0.05) is 20.3 Å². The van der Waals surface area contributed by atoms with Crippen molar-refractivity contribution in [1.29, 1.82) is 0 Å². The Labute approximate surface area is 101 Å². The van der Waals surface area contributed by atoms with E-state index in [0.29, 0.717) is 0 Å². The Kier molecular flexibility index (Phi) is 11.3. The first-order valence-electron chi connectivity index (χ1n) is 6.62. The normalized spacial score (nSPS) is 13.3. The topological polar surface area (TPSA) is 38.5 Å². The second-order valence-electron chi connectivity index (χ2n) is 4.64. The van der Waals surface area contributed by atoms with Gasteiger partial charge in [-0.05, 0) is 51.7 Å². The number of hydrogen-bond acceptors (Lipinski definition) is 3. The van der Waals surface area contributed by atoms with Crippen LogP contribution in [0.3, 0.4) is 0 Å². The van der Waals surface area contributed by atoms with Crippen LogP contribution in [0.4, 0.5) is 0 Å². The van der Waals surface area contributed by atoms with Gasteiger partial charge in [-0.25, -0.2) is 0 Å². The number of hydrogen-bond donors (Lipinski definition) is 1. The van der Waals surface area contributed by atoms with E-state index in [-0.39, 0.29) is 0 Å². The van der Waals surface area contributed by atoms with Gasteiger partial charge in [-0.1, -0.05) is 13.3 Å². The minimum Gasteiger partial charge on any atom is -0.385 e. The summed E-state index contributed by atoms with van der Waals surface area (Å²) >= 11 is 0. The van der Waals surface area contributed by atoms with Crippen molar-refractivity contribution in [3.05, 3.63) is 0 Å². The highest BCUT2D eigenvalue weighted by Gasteiger charge is 2.05. The third-order valence-electron chi connectivity index (χ3n) is 3.19. The van der Waals surface area contributed by atoms with Crippen molar-refractivity contribution in [1.82, 2.24) is 4.90 Å². The second kappa shape index (κ2) is 11.4. The molecule has 1 atom stereocenters. The lowest BCUT2D eigenvalue weighted by molar-refractivity contribution is 0.178. The molecule has 0 aromatic rings. The Morgan fingerprint density at radius 2 is 1.88 bits per heavy atom. The van der Waals surface area contributed by atoms with E-state index in [2.05, 4.69) is 18.9 Å². The van der Waals surface area contributed by atoms with Crippen LogP contribution in [0.5, 0.6) is 0 Å². The molecule has 0 spiro atoms. The molecule has 0 aromatic heterocycles. The summed E-state index contributed by atoms with van der Waals surface area (Å²) in [4.78, 5) is 2.40. The highest BCUT2D eigenvalue weighted by molar-refractivity contribution is 4.60. The van der Waals surface area contributed by atoms with Gasteiger partial charge in [0.25, 0.3) is 0 Å². The van der Waals surface area contributed by atoms with E-state index < -0.39 is 0 Å². The zero-order valence-corrected chi connectivity index (χ0v) is 11.4. The summed E-state index contributed by atoms with van der Waals surface area (Å²) in [6.45, 7) is 6.31. The van der Waals surface area contributed by atoms with Gasteiger partial charge in [0.05, 0.1) is 0 Å². The predicted molar refractivity (Wildman–Crippen MR) is 70.7 cm³/mol. The average molecular weight is 230 g/mol. The Morgan fingerprint density at radius 3 is 2.44 bits per heavy atom. The maximum atomic E-state index is 5.59. The molecule has 16 heavy (non-hydrogen) atoms. The fourth-order valence-electron chi connectivity index (χ4n) is 2.03. The van der Waals surface area contributed by atoms with Crippen LogP contribution in [0, 0.1) is 5.92 Å². The van der Waals surface area contributed by atoms with E-state index in [1.807, 2.05) is 0 Å². The largest absolute Gasteiger partial charge is 0.385 e. The lowest BCUT2D eigenvalue weighted by Gasteiger charge is -2.18. The van der Waals surface area contributed by atoms with Crippen LogP contribution in [0.1, 0.15) is 39.0 Å². The monoisotopic (exact) mass is 230 g/mol. The molecule has 0 rings (SSSR count). The summed E-state index contributed by atoms with van der Waals surface area (Å²) in [5.74, 6) is 0.831. The molecule has 0 saturated heterocycles. The van der Waals surface area contributed by atoms with Gasteiger partial charge in [0.2, 0.25) is 0 Å². The highest BCUT2D eigenvalue weighted by Crippen LogP contribution is 2.14. The number of nitrogens with two attached hydrogens (primary N) is 1. The highest BCUT2D eigenvalue weighted by atomic mass is 16.5. The molecule has 3 nitrogen and oxygen atoms in total. The number of nitrogens with zero attached hydrogens (tertiary/aromatic N) is 1. The van der Waals surface area contributed by atoms with Gasteiger partial charge >= 0.3 is 0 Å². The van der Waals surface area contributed by atoms with Crippen LogP contribution < -0.4 is 5.73 Å². The summed E-state index contributed by atoms with van der Waals surface area (Å²) in [6.07, 6.45) is 6.20. The molecule has 0 radical (unpaired) electrons. The molecule has 0 aliphatic rings. The summed E-state index contributed by atoms with van der Waals surface area (Å²) in [5, 5.41) is 0. The van der Waals surface area contributed by atoms with Crippen molar-refractivity contribution in [2.24, 2.45) is 11.7 Å². The fraction of sp³-hybridized carbons (Fsp3) is 1.00. The van der Waals surface area contributed by atoms with E-state index in [0.717, 1.165) is 32.0 Å². The van der Waals surface area contributed by atoms with E-state index >= 15 is 0 Å². The molecule has 0 aliphatic heterocycles. The Bertz CT molecular complexity index is 142.